The summed E-state index contributed by atoms with van der Waals surface area (Å²) in [5.74, 6) is 0. The van der Waals surface area contributed by atoms with Gasteiger partial charge in [-0.25, -0.2) is 0 Å². The Bertz CT molecular complexity index is 307. The number of nitrogens with zero attached hydrogens (tertiary/aromatic N) is 1. The van der Waals surface area contributed by atoms with E-state index >= 15 is 0 Å². The molecule has 0 aromatic carbocycles. The Hall–Kier alpha value is -0.930. The molecule has 0 atom stereocenters. The predicted molar refractivity (Wildman–Crippen MR) is 63.3 cm³/mol. The van der Waals surface area contributed by atoms with Crippen LogP contribution in [0.2, 0.25) is 0 Å². The molecule has 0 saturated heterocycles. The molecule has 0 spiro atoms. The molecule has 1 aromatic rings. The highest BCUT2D eigenvalue weighted by molar-refractivity contribution is 5.16. The summed E-state index contributed by atoms with van der Waals surface area (Å²) >= 11 is 0. The molecule has 3 heteroatoms. The SMILES string of the molecule is CCC(C)(C)NCc1ccnc(CN)c1. The van der Waals surface area contributed by atoms with Crippen molar-refractivity contribution in [3.8, 4) is 0 Å². The summed E-state index contributed by atoms with van der Waals surface area (Å²) in [6.45, 7) is 7.97. The summed E-state index contributed by atoms with van der Waals surface area (Å²) < 4.78 is 0. The lowest BCUT2D eigenvalue weighted by molar-refractivity contribution is 0.374. The monoisotopic (exact) mass is 207 g/mol. The quantitative estimate of drug-likeness (QED) is 0.774. The standard InChI is InChI=1S/C12H21N3/c1-4-12(2,3)15-9-10-5-6-14-11(7-10)8-13/h5-7,15H,4,8-9,13H2,1-3H3. The highest BCUT2D eigenvalue weighted by atomic mass is 14.9. The number of aromatic nitrogens is 1. The van der Waals surface area contributed by atoms with Gasteiger partial charge in [-0.15, -0.1) is 0 Å². The van der Waals surface area contributed by atoms with Crippen molar-refractivity contribution in [2.24, 2.45) is 5.73 Å². The molecule has 0 radical (unpaired) electrons. The molecule has 15 heavy (non-hydrogen) atoms. The van der Waals surface area contributed by atoms with Crippen LogP contribution in [0.1, 0.15) is 38.4 Å². The van der Waals surface area contributed by atoms with Crippen molar-refractivity contribution in [3.63, 3.8) is 0 Å². The van der Waals surface area contributed by atoms with Crippen LogP contribution in [-0.2, 0) is 13.1 Å². The normalized spacial score (nSPS) is 11.7. The second-order valence-electron chi connectivity index (χ2n) is 4.45. The summed E-state index contributed by atoms with van der Waals surface area (Å²) in [6, 6.07) is 4.08. The van der Waals surface area contributed by atoms with Crippen molar-refractivity contribution in [1.82, 2.24) is 10.3 Å². The minimum absolute atomic E-state index is 0.187. The molecule has 0 aliphatic carbocycles. The van der Waals surface area contributed by atoms with E-state index in [1.54, 1.807) is 0 Å². The van der Waals surface area contributed by atoms with Gasteiger partial charge in [0.25, 0.3) is 0 Å². The molecule has 0 aliphatic rings. The fraction of sp³-hybridized carbons (Fsp3) is 0.583. The van der Waals surface area contributed by atoms with Gasteiger partial charge in [0.05, 0.1) is 5.69 Å². The first kappa shape index (κ1) is 12.1. The first-order chi connectivity index (χ1) is 7.07. The van der Waals surface area contributed by atoms with E-state index in [0.29, 0.717) is 6.54 Å². The van der Waals surface area contributed by atoms with E-state index in [9.17, 15) is 0 Å². The van der Waals surface area contributed by atoms with Crippen LogP contribution in [0.4, 0.5) is 0 Å². The average molecular weight is 207 g/mol. The van der Waals surface area contributed by atoms with E-state index in [1.165, 1.54) is 5.56 Å². The zero-order valence-electron chi connectivity index (χ0n) is 9.88. The van der Waals surface area contributed by atoms with Crippen molar-refractivity contribution >= 4 is 0 Å². The molecule has 0 bridgehead atoms. The van der Waals surface area contributed by atoms with Gasteiger partial charge in [0.1, 0.15) is 0 Å². The van der Waals surface area contributed by atoms with Crippen LogP contribution in [0.15, 0.2) is 18.3 Å². The summed E-state index contributed by atoms with van der Waals surface area (Å²) in [6.07, 6.45) is 2.93. The third-order valence-corrected chi connectivity index (χ3v) is 2.75. The molecule has 3 nitrogen and oxygen atoms in total. The lowest BCUT2D eigenvalue weighted by Gasteiger charge is -2.24. The number of rotatable bonds is 5. The van der Waals surface area contributed by atoms with Crippen LogP contribution in [0.5, 0.6) is 0 Å². The number of pyridine rings is 1. The van der Waals surface area contributed by atoms with Gasteiger partial charge in [0, 0.05) is 24.8 Å². The fourth-order valence-electron chi connectivity index (χ4n) is 1.22. The molecule has 3 N–H and O–H groups in total. The molecule has 0 amide bonds. The van der Waals surface area contributed by atoms with Crippen molar-refractivity contribution in [2.45, 2.75) is 45.8 Å². The van der Waals surface area contributed by atoms with Gasteiger partial charge >= 0.3 is 0 Å². The van der Waals surface area contributed by atoms with Crippen LogP contribution in [-0.4, -0.2) is 10.5 Å². The third-order valence-electron chi connectivity index (χ3n) is 2.75. The largest absolute Gasteiger partial charge is 0.325 e. The second-order valence-corrected chi connectivity index (χ2v) is 4.45. The average Bonchev–Trinajstić information content (AvgIpc) is 2.27. The molecule has 0 fully saturated rings. The van der Waals surface area contributed by atoms with Crippen molar-refractivity contribution in [1.29, 1.82) is 0 Å². The maximum atomic E-state index is 5.54. The van der Waals surface area contributed by atoms with Crippen molar-refractivity contribution < 1.29 is 0 Å². The van der Waals surface area contributed by atoms with Crippen molar-refractivity contribution in [3.05, 3.63) is 29.6 Å². The Morgan fingerprint density at radius 3 is 2.80 bits per heavy atom. The minimum Gasteiger partial charge on any atom is -0.325 e. The molecule has 84 valence electrons. The predicted octanol–water partition coefficient (Wildman–Crippen LogP) is 1.82. The third kappa shape index (κ3) is 3.98. The highest BCUT2D eigenvalue weighted by Crippen LogP contribution is 2.09. The molecular formula is C12H21N3. The summed E-state index contributed by atoms with van der Waals surface area (Å²) in [5.41, 5.74) is 7.92. The maximum Gasteiger partial charge on any atom is 0.0542 e. The van der Waals surface area contributed by atoms with Crippen molar-refractivity contribution in [2.75, 3.05) is 0 Å². The molecule has 1 heterocycles. The topological polar surface area (TPSA) is 50.9 Å². The summed E-state index contributed by atoms with van der Waals surface area (Å²) in [7, 11) is 0. The highest BCUT2D eigenvalue weighted by Gasteiger charge is 2.13. The van der Waals surface area contributed by atoms with Crippen LogP contribution in [0.3, 0.4) is 0 Å². The van der Waals surface area contributed by atoms with Crippen LogP contribution in [0, 0.1) is 0 Å². The second kappa shape index (κ2) is 5.24. The first-order valence-electron chi connectivity index (χ1n) is 5.46. The van der Waals surface area contributed by atoms with E-state index in [0.717, 1.165) is 18.7 Å². The maximum absolute atomic E-state index is 5.54. The Morgan fingerprint density at radius 1 is 1.47 bits per heavy atom. The van der Waals surface area contributed by atoms with E-state index in [2.05, 4.69) is 37.1 Å². The van der Waals surface area contributed by atoms with Gasteiger partial charge in [-0.1, -0.05) is 6.92 Å². The van der Waals surface area contributed by atoms with E-state index < -0.39 is 0 Å². The number of hydrogen-bond acceptors (Lipinski definition) is 3. The Balaban J connectivity index is 2.57. The van der Waals surface area contributed by atoms with Gasteiger partial charge in [-0.2, -0.15) is 0 Å². The van der Waals surface area contributed by atoms with Gasteiger partial charge < -0.3 is 11.1 Å². The number of hydrogen-bond donors (Lipinski definition) is 2. The lowest BCUT2D eigenvalue weighted by atomic mass is 10.0. The molecule has 1 aromatic heterocycles. The van der Waals surface area contributed by atoms with Crippen LogP contribution in [0.25, 0.3) is 0 Å². The molecule has 0 saturated carbocycles. The zero-order chi connectivity index (χ0) is 11.3. The molecule has 0 aliphatic heterocycles. The smallest absolute Gasteiger partial charge is 0.0542 e. The Labute approximate surface area is 92.1 Å². The Kier molecular flexibility index (Phi) is 4.24. The van der Waals surface area contributed by atoms with Gasteiger partial charge in [-0.05, 0) is 38.0 Å². The van der Waals surface area contributed by atoms with E-state index in [4.69, 9.17) is 5.73 Å². The van der Waals surface area contributed by atoms with E-state index in [1.807, 2.05) is 12.3 Å². The van der Waals surface area contributed by atoms with Gasteiger partial charge in [0.2, 0.25) is 0 Å². The summed E-state index contributed by atoms with van der Waals surface area (Å²) in [5, 5.41) is 3.51. The fourth-order valence-corrected chi connectivity index (χ4v) is 1.22. The van der Waals surface area contributed by atoms with Gasteiger partial charge in [0.15, 0.2) is 0 Å². The summed E-state index contributed by atoms with van der Waals surface area (Å²) in [4.78, 5) is 4.17. The van der Waals surface area contributed by atoms with E-state index in [-0.39, 0.29) is 5.54 Å². The minimum atomic E-state index is 0.187. The number of nitrogens with two attached hydrogens (primary N) is 1. The Morgan fingerprint density at radius 2 is 2.20 bits per heavy atom. The van der Waals surface area contributed by atoms with Crippen LogP contribution >= 0.6 is 0 Å². The molecule has 0 unspecified atom stereocenters. The molecular weight excluding hydrogens is 186 g/mol. The molecule has 1 rings (SSSR count). The number of nitrogens with one attached hydrogen (secondary N) is 1. The lowest BCUT2D eigenvalue weighted by Crippen LogP contribution is -2.37. The first-order valence-corrected chi connectivity index (χ1v) is 5.46. The zero-order valence-corrected chi connectivity index (χ0v) is 9.88. The van der Waals surface area contributed by atoms with Gasteiger partial charge in [-0.3, -0.25) is 4.98 Å². The van der Waals surface area contributed by atoms with Crippen LogP contribution < -0.4 is 11.1 Å².